The summed E-state index contributed by atoms with van der Waals surface area (Å²) in [7, 11) is 0. The van der Waals surface area contributed by atoms with E-state index in [0.29, 0.717) is 5.56 Å². The van der Waals surface area contributed by atoms with Crippen LogP contribution >= 0.6 is 0 Å². The minimum absolute atomic E-state index is 0.0488. The molecule has 0 fully saturated rings. The number of nitrogens with two attached hydrogens (primary N) is 2. The monoisotopic (exact) mass is 402 g/mol. The molecule has 5 N–H and O–H groups in total. The Kier molecular flexibility index (Phi) is 8.67. The summed E-state index contributed by atoms with van der Waals surface area (Å²) in [5.74, 6) is -2.21. The van der Waals surface area contributed by atoms with E-state index < -0.39 is 11.9 Å². The Balaban J connectivity index is 0.000000387. The van der Waals surface area contributed by atoms with Gasteiger partial charge >= 0.3 is 5.97 Å². The fraction of sp³-hybridized carbons (Fsp3) is 0.286. The summed E-state index contributed by atoms with van der Waals surface area (Å²) in [6.45, 7) is 7.04. The molecule has 2 rings (SSSR count). The number of aromatic carboxylic acids is 1. The number of carboxylic acids is 1. The average Bonchev–Trinajstić information content (AvgIpc) is 2.61. The van der Waals surface area contributed by atoms with Crippen LogP contribution in [0, 0.1) is 0 Å². The zero-order valence-electron chi connectivity index (χ0n) is 16.8. The molecule has 0 atom stereocenters. The molecule has 0 aromatic heterocycles. The van der Waals surface area contributed by atoms with E-state index in [-0.39, 0.29) is 40.7 Å². The van der Waals surface area contributed by atoms with Crippen molar-refractivity contribution in [2.24, 2.45) is 11.5 Å². The van der Waals surface area contributed by atoms with E-state index in [9.17, 15) is 19.5 Å². The number of carbonyl (C=O) groups excluding carboxylic acids is 2. The van der Waals surface area contributed by atoms with Crippen LogP contribution in [0.5, 0.6) is 11.5 Å². The minimum atomic E-state index is -1.20. The van der Waals surface area contributed by atoms with Gasteiger partial charge in [0.1, 0.15) is 16.9 Å². The van der Waals surface area contributed by atoms with E-state index in [1.165, 1.54) is 12.1 Å². The average molecular weight is 402 g/mol. The summed E-state index contributed by atoms with van der Waals surface area (Å²) in [5.41, 5.74) is 10.7. The summed E-state index contributed by atoms with van der Waals surface area (Å²) >= 11 is 0. The lowest BCUT2D eigenvalue weighted by Crippen LogP contribution is -2.20. The Hall–Kier alpha value is -3.55. The van der Waals surface area contributed by atoms with Crippen LogP contribution in [0.25, 0.3) is 0 Å². The number of ether oxygens (including phenoxy) is 2. The Morgan fingerprint density at radius 1 is 0.828 bits per heavy atom. The molecule has 29 heavy (non-hydrogen) atoms. The lowest BCUT2D eigenvalue weighted by atomic mass is 10.1. The van der Waals surface area contributed by atoms with Crippen LogP contribution in [0.15, 0.2) is 42.5 Å². The molecular formula is C21H26N2O6. The summed E-state index contributed by atoms with van der Waals surface area (Å²) in [6.07, 6.45) is -0.490. The van der Waals surface area contributed by atoms with Crippen LogP contribution in [0.4, 0.5) is 0 Å². The third-order valence-electron chi connectivity index (χ3n) is 3.37. The summed E-state index contributed by atoms with van der Waals surface area (Å²) < 4.78 is 10.9. The lowest BCUT2D eigenvalue weighted by molar-refractivity contribution is 0.0690. The van der Waals surface area contributed by atoms with Gasteiger partial charge in [-0.3, -0.25) is 9.59 Å². The van der Waals surface area contributed by atoms with E-state index in [2.05, 4.69) is 0 Å². The van der Waals surface area contributed by atoms with Gasteiger partial charge in [0.15, 0.2) is 5.75 Å². The minimum Gasteiger partial charge on any atom is -0.490 e. The highest BCUT2D eigenvalue weighted by atomic mass is 16.5. The summed E-state index contributed by atoms with van der Waals surface area (Å²) in [6, 6.07) is 11.5. The van der Waals surface area contributed by atoms with Gasteiger partial charge in [0.05, 0.1) is 12.2 Å². The second-order valence-corrected chi connectivity index (χ2v) is 6.55. The number of rotatable bonds is 7. The van der Waals surface area contributed by atoms with E-state index in [0.717, 1.165) is 0 Å². The van der Waals surface area contributed by atoms with E-state index in [1.54, 1.807) is 52.0 Å². The van der Waals surface area contributed by atoms with Crippen molar-refractivity contribution < 1.29 is 29.0 Å². The Morgan fingerprint density at radius 3 is 1.76 bits per heavy atom. The highest BCUT2D eigenvalue weighted by Crippen LogP contribution is 2.33. The first-order valence-electron chi connectivity index (χ1n) is 8.92. The van der Waals surface area contributed by atoms with Crippen LogP contribution in [0.2, 0.25) is 0 Å². The quantitative estimate of drug-likeness (QED) is 0.650. The van der Waals surface area contributed by atoms with Gasteiger partial charge in [-0.15, -0.1) is 0 Å². The SMILES string of the molecule is CC(C)Oc1ccc(C(=O)O)c(OC(C)C)c1C(N)=O.NC(=O)c1ccccc1. The van der Waals surface area contributed by atoms with Crippen molar-refractivity contribution in [1.82, 2.24) is 0 Å². The molecule has 0 saturated carbocycles. The van der Waals surface area contributed by atoms with Crippen molar-refractivity contribution in [2.75, 3.05) is 0 Å². The fourth-order valence-electron chi connectivity index (χ4n) is 2.28. The summed E-state index contributed by atoms with van der Waals surface area (Å²) in [4.78, 5) is 33.3. The first-order chi connectivity index (χ1) is 13.5. The van der Waals surface area contributed by atoms with Crippen molar-refractivity contribution in [3.05, 3.63) is 59.2 Å². The molecule has 2 aromatic carbocycles. The Bertz CT molecular complexity index is 863. The largest absolute Gasteiger partial charge is 0.490 e. The molecule has 2 amide bonds. The standard InChI is InChI=1S/C14H19NO5.C7H7NO/c1-7(2)19-10-6-5-9(14(17)18)12(20-8(3)4)11(10)13(15)16;8-7(9)6-4-2-1-3-5-6/h5-8H,1-4H3,(H2,15,16)(H,17,18);1-5H,(H2,8,9). The molecule has 0 aliphatic heterocycles. The molecule has 0 heterocycles. The second kappa shape index (κ2) is 10.7. The highest BCUT2D eigenvalue weighted by molar-refractivity contribution is 6.03. The zero-order valence-corrected chi connectivity index (χ0v) is 16.8. The van der Waals surface area contributed by atoms with Crippen molar-refractivity contribution in [2.45, 2.75) is 39.9 Å². The third kappa shape index (κ3) is 7.17. The van der Waals surface area contributed by atoms with Crippen LogP contribution < -0.4 is 20.9 Å². The fourth-order valence-corrected chi connectivity index (χ4v) is 2.28. The van der Waals surface area contributed by atoms with Crippen LogP contribution in [0.1, 0.15) is 58.8 Å². The van der Waals surface area contributed by atoms with Gasteiger partial charge in [-0.05, 0) is 52.0 Å². The highest BCUT2D eigenvalue weighted by Gasteiger charge is 2.25. The topological polar surface area (TPSA) is 142 Å². The molecule has 0 spiro atoms. The third-order valence-corrected chi connectivity index (χ3v) is 3.37. The van der Waals surface area contributed by atoms with Crippen molar-refractivity contribution in [3.8, 4) is 11.5 Å². The van der Waals surface area contributed by atoms with E-state index in [1.807, 2.05) is 6.07 Å². The van der Waals surface area contributed by atoms with Crippen LogP contribution in [-0.4, -0.2) is 35.1 Å². The van der Waals surface area contributed by atoms with Gasteiger partial charge in [-0.1, -0.05) is 18.2 Å². The number of carbonyl (C=O) groups is 3. The van der Waals surface area contributed by atoms with Gasteiger partial charge < -0.3 is 26.0 Å². The summed E-state index contributed by atoms with van der Waals surface area (Å²) in [5, 5.41) is 9.18. The zero-order chi connectivity index (χ0) is 22.1. The van der Waals surface area contributed by atoms with Crippen molar-refractivity contribution in [1.29, 1.82) is 0 Å². The maximum atomic E-state index is 11.6. The van der Waals surface area contributed by atoms with Crippen LogP contribution in [-0.2, 0) is 0 Å². The number of carboxylic acid groups (broad SMARTS) is 1. The van der Waals surface area contributed by atoms with Gasteiger partial charge in [-0.2, -0.15) is 0 Å². The predicted octanol–water partition coefficient (Wildman–Crippen LogP) is 2.84. The Labute approximate surface area is 169 Å². The lowest BCUT2D eigenvalue weighted by Gasteiger charge is -2.19. The molecular weight excluding hydrogens is 376 g/mol. The molecule has 0 bridgehead atoms. The molecule has 0 unspecified atom stereocenters. The van der Waals surface area contributed by atoms with Crippen molar-refractivity contribution in [3.63, 3.8) is 0 Å². The molecule has 2 aromatic rings. The number of benzene rings is 2. The molecule has 0 radical (unpaired) electrons. The van der Waals surface area contributed by atoms with Gasteiger partial charge in [0, 0.05) is 5.56 Å². The van der Waals surface area contributed by atoms with E-state index >= 15 is 0 Å². The van der Waals surface area contributed by atoms with E-state index in [4.69, 9.17) is 20.9 Å². The maximum Gasteiger partial charge on any atom is 0.339 e. The smallest absolute Gasteiger partial charge is 0.339 e. The number of hydrogen-bond acceptors (Lipinski definition) is 5. The first-order valence-corrected chi connectivity index (χ1v) is 8.92. The molecule has 8 nitrogen and oxygen atoms in total. The predicted molar refractivity (Wildman–Crippen MR) is 108 cm³/mol. The van der Waals surface area contributed by atoms with Gasteiger partial charge in [0.25, 0.3) is 5.91 Å². The molecule has 0 saturated heterocycles. The first kappa shape index (κ1) is 23.5. The molecule has 0 aliphatic rings. The van der Waals surface area contributed by atoms with Gasteiger partial charge in [0.2, 0.25) is 5.91 Å². The van der Waals surface area contributed by atoms with Crippen molar-refractivity contribution >= 4 is 17.8 Å². The number of hydrogen-bond donors (Lipinski definition) is 3. The Morgan fingerprint density at radius 2 is 1.38 bits per heavy atom. The van der Waals surface area contributed by atoms with Crippen LogP contribution in [0.3, 0.4) is 0 Å². The normalized spacial score (nSPS) is 10.1. The molecule has 156 valence electrons. The number of primary amides is 2. The number of amides is 2. The molecule has 8 heteroatoms. The maximum absolute atomic E-state index is 11.6. The van der Waals surface area contributed by atoms with Gasteiger partial charge in [-0.25, -0.2) is 4.79 Å². The molecule has 0 aliphatic carbocycles. The second-order valence-electron chi connectivity index (χ2n) is 6.55.